The molecule has 0 saturated carbocycles. The van der Waals surface area contributed by atoms with Crippen LogP contribution in [0.1, 0.15) is 21.9 Å². The Balaban J connectivity index is 2.07. The first-order valence-electron chi connectivity index (χ1n) is 8.54. The predicted molar refractivity (Wildman–Crippen MR) is 101 cm³/mol. The second-order valence-corrected chi connectivity index (χ2v) is 6.38. The van der Waals surface area contributed by atoms with Crippen molar-refractivity contribution in [1.82, 2.24) is 24.4 Å². The van der Waals surface area contributed by atoms with Crippen molar-refractivity contribution in [3.8, 4) is 22.4 Å². The average molecular weight is 361 g/mol. The average Bonchev–Trinajstić information content (AvgIpc) is 3.18. The van der Waals surface area contributed by atoms with Crippen LogP contribution >= 0.6 is 0 Å². The number of aromatic nitrogens is 5. The lowest BCUT2D eigenvalue weighted by atomic mass is 10.1. The maximum absolute atomic E-state index is 12.4. The van der Waals surface area contributed by atoms with Crippen LogP contribution in [-0.4, -0.2) is 37.5 Å². The molecule has 0 N–H and O–H groups in total. The van der Waals surface area contributed by atoms with Crippen LogP contribution in [0, 0.1) is 13.8 Å². The Morgan fingerprint density at radius 2 is 1.81 bits per heavy atom. The first-order chi connectivity index (χ1) is 13.0. The summed E-state index contributed by atoms with van der Waals surface area (Å²) in [7, 11) is 3.21. The van der Waals surface area contributed by atoms with E-state index in [1.165, 1.54) is 7.11 Å². The largest absolute Gasteiger partial charge is 0.464 e. The third-order valence-corrected chi connectivity index (χ3v) is 4.51. The molecule has 1 aromatic carbocycles. The van der Waals surface area contributed by atoms with Crippen LogP contribution in [0.2, 0.25) is 0 Å². The summed E-state index contributed by atoms with van der Waals surface area (Å²) in [5.41, 5.74) is 5.97. The van der Waals surface area contributed by atoms with Gasteiger partial charge in [0.05, 0.1) is 24.2 Å². The van der Waals surface area contributed by atoms with Crippen molar-refractivity contribution in [2.45, 2.75) is 13.8 Å². The molecule has 0 radical (unpaired) electrons. The SMILES string of the molecule is COC(=O)c1cc(-c2cn(C)nc2C)nc2c(-c3ccccc3)c(C)nn12. The zero-order valence-electron chi connectivity index (χ0n) is 15.6. The van der Waals surface area contributed by atoms with E-state index in [1.807, 2.05) is 57.4 Å². The van der Waals surface area contributed by atoms with E-state index < -0.39 is 5.97 Å². The van der Waals surface area contributed by atoms with Gasteiger partial charge >= 0.3 is 5.97 Å². The van der Waals surface area contributed by atoms with Crippen LogP contribution in [0.15, 0.2) is 42.6 Å². The van der Waals surface area contributed by atoms with Gasteiger partial charge in [-0.1, -0.05) is 30.3 Å². The summed E-state index contributed by atoms with van der Waals surface area (Å²) in [5.74, 6) is -0.465. The van der Waals surface area contributed by atoms with Crippen molar-refractivity contribution in [2.75, 3.05) is 7.11 Å². The molecule has 0 saturated heterocycles. The number of carbonyl (C=O) groups excluding carboxylic acids is 1. The van der Waals surface area contributed by atoms with Crippen LogP contribution in [-0.2, 0) is 11.8 Å². The highest BCUT2D eigenvalue weighted by Gasteiger charge is 2.22. The van der Waals surface area contributed by atoms with E-state index in [0.717, 1.165) is 28.1 Å². The molecule has 0 bridgehead atoms. The fraction of sp³-hybridized carbons (Fsp3) is 0.200. The van der Waals surface area contributed by atoms with Crippen molar-refractivity contribution in [3.05, 3.63) is 59.7 Å². The zero-order valence-corrected chi connectivity index (χ0v) is 15.6. The minimum Gasteiger partial charge on any atom is -0.464 e. The summed E-state index contributed by atoms with van der Waals surface area (Å²) in [4.78, 5) is 17.3. The Morgan fingerprint density at radius 1 is 1.07 bits per heavy atom. The summed E-state index contributed by atoms with van der Waals surface area (Å²) < 4.78 is 8.26. The Hall–Kier alpha value is -3.48. The quantitative estimate of drug-likeness (QED) is 0.524. The molecular formula is C20H19N5O2. The van der Waals surface area contributed by atoms with Crippen molar-refractivity contribution < 1.29 is 9.53 Å². The molecule has 0 aliphatic rings. The molecule has 0 unspecified atom stereocenters. The van der Waals surface area contributed by atoms with Crippen LogP contribution in [0.25, 0.3) is 28.0 Å². The van der Waals surface area contributed by atoms with Gasteiger partial charge in [-0.05, 0) is 25.5 Å². The zero-order chi connectivity index (χ0) is 19.1. The highest BCUT2D eigenvalue weighted by Crippen LogP contribution is 2.30. The van der Waals surface area contributed by atoms with Crippen LogP contribution in [0.4, 0.5) is 0 Å². The van der Waals surface area contributed by atoms with E-state index in [0.29, 0.717) is 17.0 Å². The number of hydrogen-bond donors (Lipinski definition) is 0. The molecule has 0 amide bonds. The number of esters is 1. The summed E-state index contributed by atoms with van der Waals surface area (Å²) >= 11 is 0. The first-order valence-corrected chi connectivity index (χ1v) is 8.54. The number of benzene rings is 1. The number of rotatable bonds is 3. The number of hydrogen-bond acceptors (Lipinski definition) is 5. The summed E-state index contributed by atoms with van der Waals surface area (Å²) in [6.45, 7) is 3.83. The molecule has 0 fully saturated rings. The van der Waals surface area contributed by atoms with Gasteiger partial charge in [0.25, 0.3) is 0 Å². The van der Waals surface area contributed by atoms with E-state index >= 15 is 0 Å². The van der Waals surface area contributed by atoms with E-state index in [9.17, 15) is 4.79 Å². The lowest BCUT2D eigenvalue weighted by Crippen LogP contribution is -2.11. The highest BCUT2D eigenvalue weighted by molar-refractivity contribution is 5.92. The molecular weight excluding hydrogens is 342 g/mol. The molecule has 3 aromatic heterocycles. The van der Waals surface area contributed by atoms with Crippen molar-refractivity contribution in [2.24, 2.45) is 7.05 Å². The smallest absolute Gasteiger partial charge is 0.356 e. The highest BCUT2D eigenvalue weighted by atomic mass is 16.5. The van der Waals surface area contributed by atoms with Gasteiger partial charge in [0.2, 0.25) is 0 Å². The number of carbonyl (C=O) groups is 1. The van der Waals surface area contributed by atoms with E-state index in [-0.39, 0.29) is 0 Å². The third-order valence-electron chi connectivity index (χ3n) is 4.51. The normalized spacial score (nSPS) is 11.1. The second kappa shape index (κ2) is 6.35. The molecule has 4 rings (SSSR count). The predicted octanol–water partition coefficient (Wildman–Crippen LogP) is 3.20. The van der Waals surface area contributed by atoms with E-state index in [2.05, 4.69) is 10.2 Å². The minimum absolute atomic E-state index is 0.325. The van der Waals surface area contributed by atoms with Crippen LogP contribution in [0.5, 0.6) is 0 Å². The summed E-state index contributed by atoms with van der Waals surface area (Å²) in [6.07, 6.45) is 1.89. The van der Waals surface area contributed by atoms with Gasteiger partial charge in [-0.2, -0.15) is 10.2 Å². The van der Waals surface area contributed by atoms with E-state index in [4.69, 9.17) is 9.72 Å². The number of methoxy groups -OCH3 is 1. The molecule has 3 heterocycles. The molecule has 27 heavy (non-hydrogen) atoms. The second-order valence-electron chi connectivity index (χ2n) is 6.38. The van der Waals surface area contributed by atoms with Crippen LogP contribution in [0.3, 0.4) is 0 Å². The van der Waals surface area contributed by atoms with Crippen molar-refractivity contribution in [1.29, 1.82) is 0 Å². The van der Waals surface area contributed by atoms with Gasteiger partial charge in [0.1, 0.15) is 0 Å². The van der Waals surface area contributed by atoms with Gasteiger partial charge in [0, 0.05) is 24.4 Å². The number of aryl methyl sites for hydroxylation is 3. The minimum atomic E-state index is -0.465. The summed E-state index contributed by atoms with van der Waals surface area (Å²) in [6, 6.07) is 11.6. The Bertz CT molecular complexity index is 1160. The Kier molecular flexibility index (Phi) is 3.99. The van der Waals surface area contributed by atoms with Crippen molar-refractivity contribution in [3.63, 3.8) is 0 Å². The van der Waals surface area contributed by atoms with E-state index in [1.54, 1.807) is 15.3 Å². The molecule has 7 heteroatoms. The maximum atomic E-state index is 12.4. The number of fused-ring (bicyclic) bond motifs is 1. The maximum Gasteiger partial charge on any atom is 0.356 e. The molecule has 136 valence electrons. The Morgan fingerprint density at radius 3 is 2.44 bits per heavy atom. The first kappa shape index (κ1) is 17.0. The van der Waals surface area contributed by atoms with Gasteiger partial charge < -0.3 is 4.74 Å². The van der Waals surface area contributed by atoms with Gasteiger partial charge in [-0.15, -0.1) is 0 Å². The lowest BCUT2D eigenvalue weighted by molar-refractivity contribution is 0.0590. The lowest BCUT2D eigenvalue weighted by Gasteiger charge is -2.07. The van der Waals surface area contributed by atoms with Gasteiger partial charge in [-0.25, -0.2) is 14.3 Å². The third kappa shape index (κ3) is 2.77. The monoisotopic (exact) mass is 361 g/mol. The fourth-order valence-electron chi connectivity index (χ4n) is 3.31. The number of ether oxygens (including phenoxy) is 1. The number of nitrogens with zero attached hydrogens (tertiary/aromatic N) is 5. The topological polar surface area (TPSA) is 74.3 Å². The molecule has 7 nitrogen and oxygen atoms in total. The molecule has 0 aliphatic heterocycles. The van der Waals surface area contributed by atoms with Crippen LogP contribution < -0.4 is 0 Å². The van der Waals surface area contributed by atoms with Crippen molar-refractivity contribution >= 4 is 11.6 Å². The van der Waals surface area contributed by atoms with Gasteiger partial charge in [0.15, 0.2) is 11.3 Å². The molecule has 0 aliphatic carbocycles. The summed E-state index contributed by atoms with van der Waals surface area (Å²) in [5, 5.41) is 8.94. The fourth-order valence-corrected chi connectivity index (χ4v) is 3.31. The Labute approximate surface area is 156 Å². The standard InChI is InChI=1S/C20H19N5O2/c1-12-15(11-24(3)22-12)16-10-17(20(26)27-4)25-19(21-16)18(13(2)23-25)14-8-6-5-7-9-14/h5-11H,1-4H3. The molecule has 4 aromatic rings. The molecule has 0 atom stereocenters. The molecule has 0 spiro atoms. The van der Waals surface area contributed by atoms with Gasteiger partial charge in [-0.3, -0.25) is 4.68 Å².